The van der Waals surface area contributed by atoms with Crippen molar-refractivity contribution in [3.63, 3.8) is 0 Å². The lowest BCUT2D eigenvalue weighted by Gasteiger charge is -2.42. The second-order valence-electron chi connectivity index (χ2n) is 7.56. The van der Waals surface area contributed by atoms with Crippen LogP contribution < -0.4 is 0 Å². The van der Waals surface area contributed by atoms with E-state index in [0.29, 0.717) is 6.54 Å². The molecule has 25 heavy (non-hydrogen) atoms. The first-order valence-electron chi connectivity index (χ1n) is 8.94. The zero-order chi connectivity index (χ0) is 18.6. The summed E-state index contributed by atoms with van der Waals surface area (Å²) >= 11 is 1.08. The van der Waals surface area contributed by atoms with Gasteiger partial charge in [0.1, 0.15) is 4.75 Å². The molecular formula is C19H30INO3S. The van der Waals surface area contributed by atoms with Gasteiger partial charge in [-0.25, -0.2) is 0 Å². The highest BCUT2D eigenvalue weighted by Gasteiger charge is 2.43. The standard InChI is InChI=1S/C19H30INO3S/c1-5-16(17-12-11-15(20)18(22)24-17)21(25(23)19(2,3)4)13-14-9-7-6-8-10-14/h6-10,15-18,22H,5,11-13H2,1-4H3/t15?,16-,17+,18?,25-/m1/s1. The van der Waals surface area contributed by atoms with E-state index in [1.165, 1.54) is 0 Å². The molecule has 2 unspecified atom stereocenters. The summed E-state index contributed by atoms with van der Waals surface area (Å²) in [5, 5.41) is 10.1. The van der Waals surface area contributed by atoms with Crippen LogP contribution >= 0.6 is 22.6 Å². The summed E-state index contributed by atoms with van der Waals surface area (Å²) in [7, 11) is 0. The van der Waals surface area contributed by atoms with Gasteiger partial charge in [-0.1, -0.05) is 59.8 Å². The number of halogens is 1. The molecule has 1 aromatic carbocycles. The molecular weight excluding hydrogens is 449 g/mol. The summed E-state index contributed by atoms with van der Waals surface area (Å²) < 4.78 is 21.0. The van der Waals surface area contributed by atoms with Crippen LogP contribution in [-0.2, 0) is 22.6 Å². The minimum Gasteiger partial charge on any atom is -0.597 e. The average molecular weight is 479 g/mol. The molecule has 5 atom stereocenters. The molecule has 142 valence electrons. The lowest BCUT2D eigenvalue weighted by atomic mass is 9.99. The summed E-state index contributed by atoms with van der Waals surface area (Å²) in [6, 6.07) is 10.2. The zero-order valence-corrected chi connectivity index (χ0v) is 18.5. The van der Waals surface area contributed by atoms with Crippen LogP contribution in [-0.4, -0.2) is 41.1 Å². The topological polar surface area (TPSA) is 55.8 Å². The minimum absolute atomic E-state index is 0.0128. The zero-order valence-electron chi connectivity index (χ0n) is 15.5. The lowest BCUT2D eigenvalue weighted by molar-refractivity contribution is -0.170. The molecule has 0 aromatic heterocycles. The van der Waals surface area contributed by atoms with Crippen LogP contribution in [0.15, 0.2) is 30.3 Å². The number of nitrogens with zero attached hydrogens (tertiary/aromatic N) is 1. The number of aliphatic hydroxyl groups excluding tert-OH is 1. The van der Waals surface area contributed by atoms with E-state index in [1.54, 1.807) is 0 Å². The maximum Gasteiger partial charge on any atom is 0.166 e. The Bertz CT molecular complexity index is 525. The average Bonchev–Trinajstić information content (AvgIpc) is 2.57. The Morgan fingerprint density at radius 2 is 1.96 bits per heavy atom. The molecule has 1 heterocycles. The van der Waals surface area contributed by atoms with Crippen molar-refractivity contribution in [1.82, 2.24) is 4.31 Å². The SMILES string of the molecule is CC[C@H]([C@@H]1CCC(I)C(O)O1)N(Cc1ccccc1)[S@+]([O-])C(C)(C)C. The van der Waals surface area contributed by atoms with Crippen molar-refractivity contribution in [3.8, 4) is 0 Å². The molecule has 1 aliphatic heterocycles. The molecule has 1 fully saturated rings. The van der Waals surface area contributed by atoms with Crippen molar-refractivity contribution in [1.29, 1.82) is 0 Å². The number of ether oxygens (including phenoxy) is 1. The number of aliphatic hydroxyl groups is 1. The van der Waals surface area contributed by atoms with Crippen molar-refractivity contribution < 1.29 is 14.4 Å². The molecule has 0 radical (unpaired) electrons. The highest BCUT2D eigenvalue weighted by molar-refractivity contribution is 14.1. The largest absolute Gasteiger partial charge is 0.597 e. The van der Waals surface area contributed by atoms with Gasteiger partial charge < -0.3 is 14.4 Å². The van der Waals surface area contributed by atoms with E-state index in [2.05, 4.69) is 46.0 Å². The van der Waals surface area contributed by atoms with Crippen molar-refractivity contribution >= 4 is 34.0 Å². The summed E-state index contributed by atoms with van der Waals surface area (Å²) in [6.07, 6.45) is 1.80. The van der Waals surface area contributed by atoms with E-state index in [9.17, 15) is 9.66 Å². The van der Waals surface area contributed by atoms with Crippen LogP contribution in [0.3, 0.4) is 0 Å². The third-order valence-corrected chi connectivity index (χ3v) is 7.60. The maximum absolute atomic E-state index is 13.3. The van der Waals surface area contributed by atoms with Crippen molar-refractivity contribution in [2.75, 3.05) is 0 Å². The second-order valence-corrected chi connectivity index (χ2v) is 11.3. The molecule has 0 spiro atoms. The molecule has 0 saturated carbocycles. The monoisotopic (exact) mass is 479 g/mol. The molecule has 0 bridgehead atoms. The molecule has 1 aliphatic rings. The normalized spacial score (nSPS) is 27.3. The number of benzene rings is 1. The number of alkyl halides is 1. The molecule has 6 heteroatoms. The Morgan fingerprint density at radius 3 is 2.48 bits per heavy atom. The lowest BCUT2D eigenvalue weighted by Crippen LogP contribution is -2.54. The number of hydrogen-bond donors (Lipinski definition) is 1. The number of hydrogen-bond acceptors (Lipinski definition) is 4. The van der Waals surface area contributed by atoms with E-state index in [-0.39, 0.29) is 20.8 Å². The highest BCUT2D eigenvalue weighted by atomic mass is 127. The van der Waals surface area contributed by atoms with Crippen LogP contribution in [0.4, 0.5) is 0 Å². The third kappa shape index (κ3) is 5.81. The Morgan fingerprint density at radius 1 is 1.32 bits per heavy atom. The fraction of sp³-hybridized carbons (Fsp3) is 0.684. The van der Waals surface area contributed by atoms with Gasteiger partial charge in [0.15, 0.2) is 6.29 Å². The molecule has 0 amide bonds. The predicted molar refractivity (Wildman–Crippen MR) is 112 cm³/mol. The fourth-order valence-corrected chi connectivity index (χ4v) is 5.18. The molecule has 2 rings (SSSR count). The molecule has 1 saturated heterocycles. The van der Waals surface area contributed by atoms with E-state index in [0.717, 1.165) is 24.8 Å². The summed E-state index contributed by atoms with van der Waals surface area (Å²) in [5.41, 5.74) is 1.14. The maximum atomic E-state index is 13.3. The molecule has 1 aromatic rings. The van der Waals surface area contributed by atoms with Crippen molar-refractivity contribution in [3.05, 3.63) is 35.9 Å². The van der Waals surface area contributed by atoms with Gasteiger partial charge in [0.25, 0.3) is 0 Å². The van der Waals surface area contributed by atoms with Crippen LogP contribution in [0.1, 0.15) is 52.5 Å². The Labute approximate surface area is 168 Å². The highest BCUT2D eigenvalue weighted by Crippen LogP contribution is 2.33. The van der Waals surface area contributed by atoms with Gasteiger partial charge >= 0.3 is 0 Å². The molecule has 1 N–H and O–H groups in total. The van der Waals surface area contributed by atoms with Crippen LogP contribution in [0, 0.1) is 0 Å². The smallest absolute Gasteiger partial charge is 0.166 e. The molecule has 4 nitrogen and oxygen atoms in total. The van der Waals surface area contributed by atoms with Crippen molar-refractivity contribution in [2.24, 2.45) is 0 Å². The van der Waals surface area contributed by atoms with Gasteiger partial charge in [-0.2, -0.15) is 0 Å². The van der Waals surface area contributed by atoms with Gasteiger partial charge in [0, 0.05) is 11.4 Å². The quantitative estimate of drug-likeness (QED) is 0.380. The Hall–Kier alpha value is 0.140. The first-order valence-corrected chi connectivity index (χ1v) is 11.3. The first-order chi connectivity index (χ1) is 11.7. The van der Waals surface area contributed by atoms with Gasteiger partial charge in [-0.15, -0.1) is 4.31 Å². The van der Waals surface area contributed by atoms with Gasteiger partial charge in [-0.3, -0.25) is 0 Å². The predicted octanol–water partition coefficient (Wildman–Crippen LogP) is 4.03. The second kappa shape index (κ2) is 9.37. The van der Waals surface area contributed by atoms with Crippen LogP contribution in [0.25, 0.3) is 0 Å². The summed E-state index contributed by atoms with van der Waals surface area (Å²) in [4.78, 5) is 0. The summed E-state index contributed by atoms with van der Waals surface area (Å²) in [6.45, 7) is 8.74. The van der Waals surface area contributed by atoms with E-state index < -0.39 is 17.7 Å². The van der Waals surface area contributed by atoms with Crippen molar-refractivity contribution in [2.45, 2.75) is 80.6 Å². The fourth-order valence-electron chi connectivity index (χ4n) is 3.15. The Kier molecular flexibility index (Phi) is 8.04. The molecule has 0 aliphatic carbocycles. The summed E-state index contributed by atoms with van der Waals surface area (Å²) in [5.74, 6) is 0. The van der Waals surface area contributed by atoms with E-state index >= 15 is 0 Å². The van der Waals surface area contributed by atoms with Crippen LogP contribution in [0.5, 0.6) is 0 Å². The van der Waals surface area contributed by atoms with Gasteiger partial charge in [0.05, 0.1) is 22.6 Å². The minimum atomic E-state index is -1.16. The third-order valence-electron chi connectivity index (χ3n) is 4.49. The van der Waals surface area contributed by atoms with Gasteiger partial charge in [0.2, 0.25) is 0 Å². The number of rotatable bonds is 6. The first kappa shape index (κ1) is 21.4. The van der Waals surface area contributed by atoms with E-state index in [1.807, 2.05) is 39.0 Å². The Balaban J connectivity index is 2.25. The van der Waals surface area contributed by atoms with Crippen LogP contribution in [0.2, 0.25) is 0 Å². The van der Waals surface area contributed by atoms with E-state index in [4.69, 9.17) is 4.74 Å². The van der Waals surface area contributed by atoms with Gasteiger partial charge in [-0.05, 0) is 45.6 Å².